The standard InChI is InChI=1S/C19H24N4O5/c1-27-16-6-3-2-5-15(16)23-18(25)14(17(24)21-19(23)26)13-20-7-4-8-22-9-11-28-12-10-22/h2-3,5-6,13,25H,4,7-12H2,1H3,(H,21,24,26). The van der Waals surface area contributed by atoms with E-state index in [9.17, 15) is 14.7 Å². The molecule has 9 nitrogen and oxygen atoms in total. The van der Waals surface area contributed by atoms with E-state index >= 15 is 0 Å². The molecule has 0 unspecified atom stereocenters. The molecule has 0 spiro atoms. The Morgan fingerprint density at radius 2 is 2.04 bits per heavy atom. The number of methoxy groups -OCH3 is 1. The number of hydrogen-bond acceptors (Lipinski definition) is 7. The molecule has 0 atom stereocenters. The molecule has 2 aromatic rings. The molecule has 1 aromatic carbocycles. The first kappa shape index (κ1) is 19.8. The molecule has 28 heavy (non-hydrogen) atoms. The third-order valence-corrected chi connectivity index (χ3v) is 4.53. The van der Waals surface area contributed by atoms with Crippen molar-refractivity contribution in [1.82, 2.24) is 14.5 Å². The van der Waals surface area contributed by atoms with Crippen molar-refractivity contribution >= 4 is 6.21 Å². The molecule has 3 rings (SSSR count). The van der Waals surface area contributed by atoms with E-state index in [0.29, 0.717) is 18.0 Å². The summed E-state index contributed by atoms with van der Waals surface area (Å²) in [6, 6.07) is 6.72. The minimum Gasteiger partial charge on any atom is -0.495 e. The van der Waals surface area contributed by atoms with Crippen LogP contribution >= 0.6 is 0 Å². The van der Waals surface area contributed by atoms with Crippen LogP contribution in [0.15, 0.2) is 38.8 Å². The number of aromatic amines is 1. The van der Waals surface area contributed by atoms with Crippen molar-refractivity contribution in [3.05, 3.63) is 50.7 Å². The zero-order chi connectivity index (χ0) is 19.9. The zero-order valence-corrected chi connectivity index (χ0v) is 15.8. The summed E-state index contributed by atoms with van der Waals surface area (Å²) in [6.45, 7) is 4.71. The van der Waals surface area contributed by atoms with Gasteiger partial charge < -0.3 is 14.6 Å². The van der Waals surface area contributed by atoms with Gasteiger partial charge in [-0.15, -0.1) is 0 Å². The molecular formula is C19H24N4O5. The van der Waals surface area contributed by atoms with Gasteiger partial charge in [0.25, 0.3) is 5.56 Å². The predicted molar refractivity (Wildman–Crippen MR) is 105 cm³/mol. The normalized spacial score (nSPS) is 15.2. The molecule has 0 saturated carbocycles. The molecule has 150 valence electrons. The summed E-state index contributed by atoms with van der Waals surface area (Å²) in [4.78, 5) is 33.2. The fourth-order valence-electron chi connectivity index (χ4n) is 3.06. The number of hydrogen-bond donors (Lipinski definition) is 2. The van der Waals surface area contributed by atoms with E-state index in [1.54, 1.807) is 24.3 Å². The lowest BCUT2D eigenvalue weighted by Gasteiger charge is -2.26. The summed E-state index contributed by atoms with van der Waals surface area (Å²) in [5, 5.41) is 10.6. The van der Waals surface area contributed by atoms with E-state index in [2.05, 4.69) is 14.9 Å². The Kier molecular flexibility index (Phi) is 6.62. The summed E-state index contributed by atoms with van der Waals surface area (Å²) in [5.74, 6) is -0.0875. The van der Waals surface area contributed by atoms with E-state index in [0.717, 1.165) is 43.8 Å². The summed E-state index contributed by atoms with van der Waals surface area (Å²) < 4.78 is 11.5. The Labute approximate surface area is 161 Å². The molecule has 9 heteroatoms. The number of morpholine rings is 1. The van der Waals surface area contributed by atoms with Crippen LogP contribution in [-0.4, -0.2) is 72.3 Å². The Morgan fingerprint density at radius 3 is 2.79 bits per heavy atom. The van der Waals surface area contributed by atoms with Crippen LogP contribution in [0.3, 0.4) is 0 Å². The number of rotatable bonds is 7. The van der Waals surface area contributed by atoms with Crippen molar-refractivity contribution in [1.29, 1.82) is 0 Å². The van der Waals surface area contributed by atoms with E-state index in [-0.39, 0.29) is 5.56 Å². The highest BCUT2D eigenvalue weighted by Crippen LogP contribution is 2.24. The number of nitrogens with one attached hydrogen (secondary N) is 1. The molecule has 1 aromatic heterocycles. The van der Waals surface area contributed by atoms with Gasteiger partial charge in [0.2, 0.25) is 5.88 Å². The van der Waals surface area contributed by atoms with Gasteiger partial charge in [-0.25, -0.2) is 9.36 Å². The van der Waals surface area contributed by atoms with E-state index in [1.165, 1.54) is 13.3 Å². The number of aromatic hydroxyl groups is 1. The minimum atomic E-state index is -0.753. The monoisotopic (exact) mass is 388 g/mol. The first-order chi connectivity index (χ1) is 13.6. The molecule has 1 aliphatic heterocycles. The van der Waals surface area contributed by atoms with Crippen LogP contribution in [0.25, 0.3) is 5.69 Å². The van der Waals surface area contributed by atoms with E-state index < -0.39 is 17.1 Å². The van der Waals surface area contributed by atoms with Gasteiger partial charge in [0.15, 0.2) is 0 Å². The summed E-state index contributed by atoms with van der Waals surface area (Å²) in [6.07, 6.45) is 2.13. The molecule has 1 saturated heterocycles. The number of H-pyrrole nitrogens is 1. The van der Waals surface area contributed by atoms with Crippen molar-refractivity contribution in [3.8, 4) is 17.3 Å². The smallest absolute Gasteiger partial charge is 0.335 e. The Balaban J connectivity index is 1.78. The maximum Gasteiger partial charge on any atom is 0.335 e. The summed E-state index contributed by atoms with van der Waals surface area (Å²) >= 11 is 0. The van der Waals surface area contributed by atoms with Crippen LogP contribution in [0.1, 0.15) is 12.0 Å². The number of para-hydroxylation sites is 2. The van der Waals surface area contributed by atoms with Crippen molar-refractivity contribution in [2.24, 2.45) is 4.99 Å². The summed E-state index contributed by atoms with van der Waals surface area (Å²) in [7, 11) is 1.46. The minimum absolute atomic E-state index is 0.0723. The molecule has 2 N–H and O–H groups in total. The van der Waals surface area contributed by atoms with Gasteiger partial charge >= 0.3 is 5.69 Å². The molecule has 0 radical (unpaired) electrons. The molecule has 0 bridgehead atoms. The highest BCUT2D eigenvalue weighted by atomic mass is 16.5. The van der Waals surface area contributed by atoms with Crippen LogP contribution < -0.4 is 16.0 Å². The van der Waals surface area contributed by atoms with Crippen molar-refractivity contribution in [3.63, 3.8) is 0 Å². The lowest BCUT2D eigenvalue weighted by molar-refractivity contribution is 0.0377. The summed E-state index contributed by atoms with van der Waals surface area (Å²) in [5.41, 5.74) is -1.19. The highest BCUT2D eigenvalue weighted by molar-refractivity contribution is 5.82. The van der Waals surface area contributed by atoms with Crippen LogP contribution in [0.2, 0.25) is 0 Å². The fourth-order valence-corrected chi connectivity index (χ4v) is 3.06. The average Bonchev–Trinajstić information content (AvgIpc) is 2.71. The first-order valence-electron chi connectivity index (χ1n) is 9.13. The lowest BCUT2D eigenvalue weighted by atomic mass is 10.2. The lowest BCUT2D eigenvalue weighted by Crippen LogP contribution is -2.37. The van der Waals surface area contributed by atoms with Gasteiger partial charge in [-0.2, -0.15) is 0 Å². The van der Waals surface area contributed by atoms with Crippen molar-refractivity contribution in [2.45, 2.75) is 6.42 Å². The Morgan fingerprint density at radius 1 is 1.29 bits per heavy atom. The van der Waals surface area contributed by atoms with Gasteiger partial charge in [0.1, 0.15) is 11.3 Å². The second-order valence-electron chi connectivity index (χ2n) is 6.35. The second-order valence-corrected chi connectivity index (χ2v) is 6.35. The molecule has 0 aliphatic carbocycles. The SMILES string of the molecule is COc1ccccc1-n1c(O)c(C=NCCCN2CCOCC2)c(=O)[nH]c1=O. The van der Waals surface area contributed by atoms with Gasteiger partial charge in [0.05, 0.1) is 26.0 Å². The van der Waals surface area contributed by atoms with Crippen molar-refractivity contribution in [2.75, 3.05) is 46.5 Å². The maximum atomic E-state index is 12.3. The van der Waals surface area contributed by atoms with Gasteiger partial charge in [-0.3, -0.25) is 19.7 Å². The van der Waals surface area contributed by atoms with Crippen molar-refractivity contribution < 1.29 is 14.6 Å². The Bertz CT molecular complexity index is 944. The predicted octanol–water partition coefficient (Wildman–Crippen LogP) is 0.381. The van der Waals surface area contributed by atoms with Crippen LogP contribution in [-0.2, 0) is 4.74 Å². The quantitative estimate of drug-likeness (QED) is 0.524. The van der Waals surface area contributed by atoms with E-state index in [1.807, 2.05) is 0 Å². The van der Waals surface area contributed by atoms with Gasteiger partial charge in [-0.05, 0) is 18.6 Å². The first-order valence-corrected chi connectivity index (χ1v) is 9.13. The largest absolute Gasteiger partial charge is 0.495 e. The van der Waals surface area contributed by atoms with E-state index in [4.69, 9.17) is 9.47 Å². The van der Waals surface area contributed by atoms with Gasteiger partial charge in [0, 0.05) is 32.4 Å². The fraction of sp³-hybridized carbons (Fsp3) is 0.421. The Hall–Kier alpha value is -2.91. The highest BCUT2D eigenvalue weighted by Gasteiger charge is 2.16. The molecule has 2 heterocycles. The van der Waals surface area contributed by atoms with Crippen LogP contribution in [0.5, 0.6) is 11.6 Å². The third kappa shape index (κ3) is 4.49. The molecule has 1 fully saturated rings. The number of aliphatic imine (C=N–C) groups is 1. The molecule has 1 aliphatic rings. The maximum absolute atomic E-state index is 12.3. The number of aromatic nitrogens is 2. The number of ether oxygens (including phenoxy) is 2. The van der Waals surface area contributed by atoms with Crippen LogP contribution in [0.4, 0.5) is 0 Å². The van der Waals surface area contributed by atoms with Gasteiger partial charge in [-0.1, -0.05) is 12.1 Å². The topological polar surface area (TPSA) is 109 Å². The number of nitrogens with zero attached hydrogens (tertiary/aromatic N) is 3. The number of benzene rings is 1. The molecular weight excluding hydrogens is 364 g/mol. The van der Waals surface area contributed by atoms with Crippen LogP contribution in [0, 0.1) is 0 Å². The average molecular weight is 388 g/mol. The third-order valence-electron chi connectivity index (χ3n) is 4.53. The zero-order valence-electron chi connectivity index (χ0n) is 15.8. The second kappa shape index (κ2) is 9.34. The molecule has 0 amide bonds.